The number of para-hydroxylation sites is 1. The Morgan fingerprint density at radius 2 is 2.00 bits per heavy atom. The summed E-state index contributed by atoms with van der Waals surface area (Å²) in [5.74, 6) is 0.0135. The number of aromatic nitrogens is 2. The predicted octanol–water partition coefficient (Wildman–Crippen LogP) is 1.53. The van der Waals surface area contributed by atoms with E-state index >= 15 is 0 Å². The van der Waals surface area contributed by atoms with E-state index in [1.54, 1.807) is 20.0 Å². The minimum Gasteiger partial charge on any atom is -0.381 e. The fourth-order valence-electron chi connectivity index (χ4n) is 2.17. The highest BCUT2D eigenvalue weighted by Crippen LogP contribution is 2.28. The highest BCUT2D eigenvalue weighted by molar-refractivity contribution is 7.92. The number of hydrogen-bond donors (Lipinski definition) is 1. The summed E-state index contributed by atoms with van der Waals surface area (Å²) in [6, 6.07) is 7.34. The quantitative estimate of drug-likeness (QED) is 0.927. The van der Waals surface area contributed by atoms with Gasteiger partial charge in [0.15, 0.2) is 10.8 Å². The van der Waals surface area contributed by atoms with Crippen LogP contribution in [0.1, 0.15) is 12.5 Å². The third-order valence-corrected chi connectivity index (χ3v) is 5.14. The van der Waals surface area contributed by atoms with Crippen molar-refractivity contribution in [1.82, 2.24) is 9.55 Å². The Kier molecular flexibility index (Phi) is 3.71. The van der Waals surface area contributed by atoms with E-state index in [0.29, 0.717) is 12.2 Å². The number of imidazole rings is 1. The van der Waals surface area contributed by atoms with Gasteiger partial charge in [-0.25, -0.2) is 4.98 Å². The van der Waals surface area contributed by atoms with Crippen LogP contribution in [0.4, 0.5) is 11.5 Å². The first kappa shape index (κ1) is 14.4. The van der Waals surface area contributed by atoms with Crippen LogP contribution in [0, 0.1) is 6.92 Å². The van der Waals surface area contributed by atoms with Gasteiger partial charge in [0.2, 0.25) is 0 Å². The third kappa shape index (κ3) is 2.24. The van der Waals surface area contributed by atoms with Gasteiger partial charge in [-0.2, -0.15) is 8.42 Å². The molecular weight excluding hydrogens is 276 g/mol. The Labute approximate surface area is 118 Å². The number of nitrogens with two attached hydrogens (primary N) is 1. The number of nitrogens with zero attached hydrogens (tertiary/aromatic N) is 3. The fraction of sp³-hybridized carbons (Fsp3) is 0.308. The second kappa shape index (κ2) is 5.16. The minimum absolute atomic E-state index is 0.0135. The van der Waals surface area contributed by atoms with E-state index in [0.717, 1.165) is 5.56 Å². The number of aryl methyl sites for hydroxylation is 2. The van der Waals surface area contributed by atoms with Crippen LogP contribution in [0.2, 0.25) is 0 Å². The van der Waals surface area contributed by atoms with Gasteiger partial charge < -0.3 is 10.3 Å². The van der Waals surface area contributed by atoms with E-state index in [-0.39, 0.29) is 10.8 Å². The molecule has 6 nitrogen and oxygen atoms in total. The Bertz CT molecular complexity index is 702. The molecule has 20 heavy (non-hydrogen) atoms. The molecule has 0 fully saturated rings. The Hall–Kier alpha value is -2.02. The van der Waals surface area contributed by atoms with Gasteiger partial charge in [-0.15, -0.1) is 0 Å². The van der Waals surface area contributed by atoms with Crippen molar-refractivity contribution in [3.63, 3.8) is 0 Å². The molecule has 0 unspecified atom stereocenters. The summed E-state index contributed by atoms with van der Waals surface area (Å²) >= 11 is 0. The van der Waals surface area contributed by atoms with Gasteiger partial charge in [0.1, 0.15) is 0 Å². The summed E-state index contributed by atoms with van der Waals surface area (Å²) in [5.41, 5.74) is 7.23. The molecule has 0 aliphatic carbocycles. The molecular formula is C13H18N4O2S. The summed E-state index contributed by atoms with van der Waals surface area (Å²) in [4.78, 5) is 3.85. The number of nitrogen functional groups attached to an aromatic ring is 1. The van der Waals surface area contributed by atoms with Gasteiger partial charge in [0.25, 0.3) is 10.0 Å². The van der Waals surface area contributed by atoms with Crippen LogP contribution in [-0.2, 0) is 17.1 Å². The number of hydrogen-bond acceptors (Lipinski definition) is 4. The zero-order valence-electron chi connectivity index (χ0n) is 11.7. The first-order valence-corrected chi connectivity index (χ1v) is 7.68. The molecule has 7 heteroatoms. The fourth-order valence-corrected chi connectivity index (χ4v) is 3.91. The SMILES string of the molecule is CCN(c1ccccc1C)S(=O)(=O)c1c(N)ncn1C. The average molecular weight is 294 g/mol. The molecule has 0 atom stereocenters. The third-order valence-electron chi connectivity index (χ3n) is 3.12. The molecule has 0 spiro atoms. The molecule has 0 saturated heterocycles. The molecule has 2 N–H and O–H groups in total. The van der Waals surface area contributed by atoms with Gasteiger partial charge >= 0.3 is 0 Å². The summed E-state index contributed by atoms with van der Waals surface area (Å²) in [7, 11) is -2.12. The lowest BCUT2D eigenvalue weighted by atomic mass is 10.2. The van der Waals surface area contributed by atoms with Crippen molar-refractivity contribution in [2.75, 3.05) is 16.6 Å². The highest BCUT2D eigenvalue weighted by Gasteiger charge is 2.29. The van der Waals surface area contributed by atoms with Crippen LogP contribution in [-0.4, -0.2) is 24.5 Å². The lowest BCUT2D eigenvalue weighted by Gasteiger charge is -2.24. The maximum absolute atomic E-state index is 12.8. The van der Waals surface area contributed by atoms with Crippen molar-refractivity contribution in [1.29, 1.82) is 0 Å². The van der Waals surface area contributed by atoms with E-state index in [4.69, 9.17) is 5.73 Å². The first-order valence-electron chi connectivity index (χ1n) is 6.24. The standard InChI is InChI=1S/C13H18N4O2S/c1-4-17(11-8-6-5-7-10(11)2)20(18,19)13-12(14)15-9-16(13)3/h5-9H,4,14H2,1-3H3. The summed E-state index contributed by atoms with van der Waals surface area (Å²) in [6.45, 7) is 3.98. The van der Waals surface area contributed by atoms with Gasteiger partial charge in [0.05, 0.1) is 12.0 Å². The van der Waals surface area contributed by atoms with Gasteiger partial charge in [-0.05, 0) is 25.5 Å². The average Bonchev–Trinajstić information content (AvgIpc) is 2.72. The molecule has 108 valence electrons. The van der Waals surface area contributed by atoms with Crippen molar-refractivity contribution in [2.45, 2.75) is 18.9 Å². The van der Waals surface area contributed by atoms with Crippen LogP contribution >= 0.6 is 0 Å². The molecule has 1 heterocycles. The first-order chi connectivity index (χ1) is 9.39. The summed E-state index contributed by atoms with van der Waals surface area (Å²) in [5, 5.41) is 0.0163. The Morgan fingerprint density at radius 1 is 1.35 bits per heavy atom. The van der Waals surface area contributed by atoms with E-state index in [2.05, 4.69) is 4.98 Å². The smallest absolute Gasteiger partial charge is 0.283 e. The molecule has 0 amide bonds. The summed E-state index contributed by atoms with van der Waals surface area (Å²) in [6.07, 6.45) is 1.40. The Balaban J connectivity index is 2.60. The molecule has 0 saturated carbocycles. The van der Waals surface area contributed by atoms with Gasteiger partial charge in [-0.1, -0.05) is 18.2 Å². The van der Waals surface area contributed by atoms with Crippen molar-refractivity contribution in [3.05, 3.63) is 36.2 Å². The van der Waals surface area contributed by atoms with Crippen molar-refractivity contribution in [2.24, 2.45) is 7.05 Å². The predicted molar refractivity (Wildman–Crippen MR) is 79.0 cm³/mol. The van der Waals surface area contributed by atoms with Crippen LogP contribution in [0.15, 0.2) is 35.6 Å². The summed E-state index contributed by atoms with van der Waals surface area (Å²) < 4.78 is 28.4. The number of anilines is 2. The molecule has 2 aromatic rings. The molecule has 1 aromatic heterocycles. The molecule has 2 rings (SSSR count). The van der Waals surface area contributed by atoms with Crippen molar-refractivity contribution in [3.8, 4) is 0 Å². The molecule has 0 aliphatic rings. The van der Waals surface area contributed by atoms with Crippen molar-refractivity contribution < 1.29 is 8.42 Å². The van der Waals surface area contributed by atoms with Gasteiger partial charge in [0, 0.05) is 13.6 Å². The zero-order valence-corrected chi connectivity index (χ0v) is 12.6. The Morgan fingerprint density at radius 3 is 2.50 bits per heavy atom. The second-order valence-corrected chi connectivity index (χ2v) is 6.28. The van der Waals surface area contributed by atoms with E-state index in [1.807, 2.05) is 25.1 Å². The van der Waals surface area contributed by atoms with E-state index in [9.17, 15) is 8.42 Å². The van der Waals surface area contributed by atoms with Crippen LogP contribution in [0.5, 0.6) is 0 Å². The molecule has 1 aromatic carbocycles. The number of benzene rings is 1. The number of sulfonamides is 1. The largest absolute Gasteiger partial charge is 0.381 e. The van der Waals surface area contributed by atoms with E-state index < -0.39 is 10.0 Å². The van der Waals surface area contributed by atoms with Crippen LogP contribution in [0.3, 0.4) is 0 Å². The monoisotopic (exact) mass is 294 g/mol. The normalized spacial score (nSPS) is 11.6. The lowest BCUT2D eigenvalue weighted by molar-refractivity contribution is 0.582. The zero-order chi connectivity index (χ0) is 14.9. The maximum Gasteiger partial charge on any atom is 0.283 e. The van der Waals surface area contributed by atoms with Crippen LogP contribution in [0.25, 0.3) is 0 Å². The van der Waals surface area contributed by atoms with Crippen LogP contribution < -0.4 is 10.0 Å². The molecule has 0 bridgehead atoms. The minimum atomic E-state index is -3.74. The number of rotatable bonds is 4. The van der Waals surface area contributed by atoms with E-state index in [1.165, 1.54) is 15.2 Å². The second-order valence-electron chi connectivity index (χ2n) is 4.50. The van der Waals surface area contributed by atoms with Crippen molar-refractivity contribution >= 4 is 21.5 Å². The molecule has 0 radical (unpaired) electrons. The molecule has 0 aliphatic heterocycles. The van der Waals surface area contributed by atoms with Gasteiger partial charge in [-0.3, -0.25) is 4.31 Å². The maximum atomic E-state index is 12.8. The lowest BCUT2D eigenvalue weighted by Crippen LogP contribution is -2.33. The topological polar surface area (TPSA) is 81.2 Å². The highest BCUT2D eigenvalue weighted by atomic mass is 32.2.